The van der Waals surface area contributed by atoms with Gasteiger partial charge in [-0.1, -0.05) is 12.8 Å². The Kier molecular flexibility index (Phi) is 3.35. The maximum absolute atomic E-state index is 11.2. The molecule has 1 saturated carbocycles. The van der Waals surface area contributed by atoms with Crippen LogP contribution in [0.3, 0.4) is 0 Å². The fourth-order valence-corrected chi connectivity index (χ4v) is 2.66. The van der Waals surface area contributed by atoms with Gasteiger partial charge in [-0.25, -0.2) is 8.42 Å². The van der Waals surface area contributed by atoms with Gasteiger partial charge >= 0.3 is 0 Å². The van der Waals surface area contributed by atoms with Gasteiger partial charge in [0.05, 0.1) is 11.4 Å². The highest BCUT2D eigenvalue weighted by Gasteiger charge is 2.32. The molecule has 0 bridgehead atoms. The molecule has 1 aliphatic rings. The summed E-state index contributed by atoms with van der Waals surface area (Å²) in [6, 6.07) is 0. The maximum Gasteiger partial charge on any atom is 0.152 e. The van der Waals surface area contributed by atoms with Crippen LogP contribution < -0.4 is 0 Å². The average Bonchev–Trinajstić information content (AvgIpc) is 2.51. The van der Waals surface area contributed by atoms with E-state index in [1.54, 1.807) is 6.92 Å². The van der Waals surface area contributed by atoms with E-state index in [4.69, 9.17) is 0 Å². The number of hydrogen-bond donors (Lipinski definition) is 1. The average molecular weight is 206 g/mol. The first kappa shape index (κ1) is 11.0. The Hall–Kier alpha value is -0.0900. The highest BCUT2D eigenvalue weighted by molar-refractivity contribution is 7.91. The molecule has 1 fully saturated rings. The lowest BCUT2D eigenvalue weighted by Crippen LogP contribution is -2.35. The predicted octanol–water partition coefficient (Wildman–Crippen LogP) is 0.971. The largest absolute Gasteiger partial charge is 0.392 e. The van der Waals surface area contributed by atoms with Gasteiger partial charge in [-0.15, -0.1) is 0 Å². The smallest absolute Gasteiger partial charge is 0.152 e. The molecular weight excluding hydrogens is 188 g/mol. The Bertz CT molecular complexity index is 252. The quantitative estimate of drug-likeness (QED) is 0.748. The van der Waals surface area contributed by atoms with E-state index in [0.29, 0.717) is 0 Å². The topological polar surface area (TPSA) is 54.4 Å². The molecule has 0 aromatic heterocycles. The van der Waals surface area contributed by atoms with Crippen molar-refractivity contribution in [3.8, 4) is 0 Å². The van der Waals surface area contributed by atoms with Crippen LogP contribution in [0.15, 0.2) is 0 Å². The fourth-order valence-electron chi connectivity index (χ4n) is 1.94. The SMILES string of the molecule is CC(C(O)C1CCCC1)S(C)(=O)=O. The fraction of sp³-hybridized carbons (Fsp3) is 1.00. The van der Waals surface area contributed by atoms with Gasteiger partial charge in [0.25, 0.3) is 0 Å². The van der Waals surface area contributed by atoms with Gasteiger partial charge in [0.2, 0.25) is 0 Å². The molecule has 2 unspecified atom stereocenters. The van der Waals surface area contributed by atoms with Crippen molar-refractivity contribution in [3.05, 3.63) is 0 Å². The zero-order valence-corrected chi connectivity index (χ0v) is 9.05. The van der Waals surface area contributed by atoms with Crippen LogP contribution in [0, 0.1) is 5.92 Å². The van der Waals surface area contributed by atoms with Gasteiger partial charge in [-0.05, 0) is 25.7 Å². The second-order valence-corrected chi connectivity index (χ2v) is 6.47. The molecule has 0 saturated heterocycles. The Morgan fingerprint density at radius 2 is 1.77 bits per heavy atom. The van der Waals surface area contributed by atoms with Crippen LogP contribution in [0.4, 0.5) is 0 Å². The highest BCUT2D eigenvalue weighted by atomic mass is 32.2. The van der Waals surface area contributed by atoms with Gasteiger partial charge in [0, 0.05) is 6.26 Å². The minimum Gasteiger partial charge on any atom is -0.392 e. The minimum atomic E-state index is -3.09. The first-order valence-electron chi connectivity index (χ1n) is 4.80. The van der Waals surface area contributed by atoms with Crippen molar-refractivity contribution in [2.75, 3.05) is 6.26 Å². The van der Waals surface area contributed by atoms with Crippen molar-refractivity contribution in [2.24, 2.45) is 5.92 Å². The van der Waals surface area contributed by atoms with Gasteiger partial charge in [-0.3, -0.25) is 0 Å². The van der Waals surface area contributed by atoms with Crippen molar-refractivity contribution >= 4 is 9.84 Å². The summed E-state index contributed by atoms with van der Waals surface area (Å²) in [4.78, 5) is 0. The first-order chi connectivity index (χ1) is 5.93. The minimum absolute atomic E-state index is 0.199. The summed E-state index contributed by atoms with van der Waals surface area (Å²) in [7, 11) is -3.09. The molecule has 78 valence electrons. The Labute approximate surface area is 80.1 Å². The van der Waals surface area contributed by atoms with E-state index in [0.717, 1.165) is 25.7 Å². The zero-order valence-electron chi connectivity index (χ0n) is 8.23. The molecule has 0 aromatic carbocycles. The number of hydrogen-bond acceptors (Lipinski definition) is 3. The van der Waals surface area contributed by atoms with Crippen LogP contribution >= 0.6 is 0 Å². The summed E-state index contributed by atoms with van der Waals surface area (Å²) in [6.07, 6.45) is 4.71. The summed E-state index contributed by atoms with van der Waals surface area (Å²) in [5.74, 6) is 0.199. The monoisotopic (exact) mass is 206 g/mol. The molecule has 3 nitrogen and oxygen atoms in total. The van der Waals surface area contributed by atoms with Crippen LogP contribution in [0.5, 0.6) is 0 Å². The van der Waals surface area contributed by atoms with E-state index in [-0.39, 0.29) is 5.92 Å². The molecule has 1 N–H and O–H groups in total. The van der Waals surface area contributed by atoms with E-state index in [1.165, 1.54) is 6.26 Å². The Morgan fingerprint density at radius 1 is 1.31 bits per heavy atom. The standard InChI is InChI=1S/C9H18O3S/c1-7(13(2,11)12)9(10)8-5-3-4-6-8/h7-10H,3-6H2,1-2H3. The molecule has 0 heterocycles. The van der Waals surface area contributed by atoms with Crippen molar-refractivity contribution < 1.29 is 13.5 Å². The van der Waals surface area contributed by atoms with Crippen molar-refractivity contribution in [2.45, 2.75) is 44.0 Å². The molecule has 13 heavy (non-hydrogen) atoms. The highest BCUT2D eigenvalue weighted by Crippen LogP contribution is 2.30. The third-order valence-electron chi connectivity index (χ3n) is 3.04. The number of rotatable bonds is 3. The van der Waals surface area contributed by atoms with E-state index >= 15 is 0 Å². The predicted molar refractivity (Wildman–Crippen MR) is 52.3 cm³/mol. The van der Waals surface area contributed by atoms with Crippen molar-refractivity contribution in [3.63, 3.8) is 0 Å². The van der Waals surface area contributed by atoms with E-state index in [2.05, 4.69) is 0 Å². The summed E-state index contributed by atoms with van der Waals surface area (Å²) in [6.45, 7) is 1.60. The van der Waals surface area contributed by atoms with Gasteiger partial charge in [0.15, 0.2) is 9.84 Å². The normalized spacial score (nSPS) is 24.5. The van der Waals surface area contributed by atoms with Gasteiger partial charge in [-0.2, -0.15) is 0 Å². The van der Waals surface area contributed by atoms with E-state index in [1.807, 2.05) is 0 Å². The van der Waals surface area contributed by atoms with Gasteiger partial charge in [0.1, 0.15) is 0 Å². The Balaban J connectivity index is 2.61. The van der Waals surface area contributed by atoms with E-state index < -0.39 is 21.2 Å². The molecule has 0 spiro atoms. The maximum atomic E-state index is 11.2. The lowest BCUT2D eigenvalue weighted by Gasteiger charge is -2.22. The van der Waals surface area contributed by atoms with Crippen LogP contribution in [0.25, 0.3) is 0 Å². The third-order valence-corrected chi connectivity index (χ3v) is 4.67. The van der Waals surface area contributed by atoms with Crippen LogP contribution in [0.2, 0.25) is 0 Å². The summed E-state index contributed by atoms with van der Waals surface area (Å²) in [5, 5.41) is 9.16. The number of sulfone groups is 1. The van der Waals surface area contributed by atoms with Crippen LogP contribution in [-0.2, 0) is 9.84 Å². The summed E-state index contributed by atoms with van der Waals surface area (Å²) in [5.41, 5.74) is 0. The van der Waals surface area contributed by atoms with Crippen LogP contribution in [-0.4, -0.2) is 31.1 Å². The molecule has 0 amide bonds. The molecule has 2 atom stereocenters. The lowest BCUT2D eigenvalue weighted by atomic mass is 9.99. The van der Waals surface area contributed by atoms with E-state index in [9.17, 15) is 13.5 Å². The molecule has 1 rings (SSSR count). The molecule has 4 heteroatoms. The molecular formula is C9H18O3S. The number of aliphatic hydroxyl groups excluding tert-OH is 1. The third kappa shape index (κ3) is 2.68. The lowest BCUT2D eigenvalue weighted by molar-refractivity contribution is 0.110. The Morgan fingerprint density at radius 3 is 2.15 bits per heavy atom. The molecule has 1 aliphatic carbocycles. The second-order valence-electron chi connectivity index (χ2n) is 4.07. The molecule has 0 aliphatic heterocycles. The van der Waals surface area contributed by atoms with Crippen LogP contribution in [0.1, 0.15) is 32.6 Å². The van der Waals surface area contributed by atoms with Gasteiger partial charge < -0.3 is 5.11 Å². The summed E-state index contributed by atoms with van der Waals surface area (Å²) >= 11 is 0. The number of aliphatic hydroxyl groups is 1. The summed E-state index contributed by atoms with van der Waals surface area (Å²) < 4.78 is 22.3. The molecule has 0 radical (unpaired) electrons. The second kappa shape index (κ2) is 3.96. The van der Waals surface area contributed by atoms with Crippen molar-refractivity contribution in [1.82, 2.24) is 0 Å². The molecule has 0 aromatic rings. The zero-order chi connectivity index (χ0) is 10.1. The first-order valence-corrected chi connectivity index (χ1v) is 6.75. The van der Waals surface area contributed by atoms with Crippen molar-refractivity contribution in [1.29, 1.82) is 0 Å².